The Morgan fingerprint density at radius 2 is 0.693 bits per heavy atom. The van der Waals surface area contributed by atoms with Gasteiger partial charge in [0.1, 0.15) is 39.4 Å². The number of phenols is 3. The minimum absolute atomic E-state index is 0.0977. The van der Waals surface area contributed by atoms with E-state index in [1.807, 2.05) is 175 Å². The summed E-state index contributed by atoms with van der Waals surface area (Å²) in [5.41, 5.74) is 17.6. The van der Waals surface area contributed by atoms with Crippen molar-refractivity contribution in [3.8, 4) is 40.5 Å². The highest BCUT2D eigenvalue weighted by atomic mass is 32.2. The number of aromatic hydroxyl groups is 3. The van der Waals surface area contributed by atoms with Crippen LogP contribution < -0.4 is 45.3 Å². The van der Waals surface area contributed by atoms with Gasteiger partial charge in [-0.2, -0.15) is 60.3 Å². The highest BCUT2D eigenvalue weighted by molar-refractivity contribution is 7.90. The number of aryl methyl sites for hydroxylation is 2. The van der Waals surface area contributed by atoms with Crippen molar-refractivity contribution in [3.05, 3.63) is 220 Å². The lowest BCUT2D eigenvalue weighted by Crippen LogP contribution is -2.47. The molecule has 0 bridgehead atoms. The molecule has 0 atom stereocenters. The summed E-state index contributed by atoms with van der Waals surface area (Å²) in [5, 5.41) is 63.0. The predicted molar refractivity (Wildman–Crippen MR) is 519 cm³/mol. The molecule has 4 fully saturated rings. The number of carbonyl (C=O) groups excluding carboxylic acids is 2. The van der Waals surface area contributed by atoms with Crippen LogP contribution in [0, 0.1) is 0 Å². The fourth-order valence-corrected chi connectivity index (χ4v) is 18.1. The first-order valence-corrected chi connectivity index (χ1v) is 47.0. The van der Waals surface area contributed by atoms with Crippen LogP contribution in [0.4, 0.5) is 45.7 Å². The number of sulfone groups is 1. The number of carbonyl (C=O) groups is 3. The third-order valence-electron chi connectivity index (χ3n) is 24.4. The van der Waals surface area contributed by atoms with Crippen LogP contribution >= 0.6 is 0 Å². The largest absolute Gasteiger partial charge is 0.508 e. The zero-order chi connectivity index (χ0) is 94.0. The van der Waals surface area contributed by atoms with E-state index in [9.17, 15) is 43.2 Å². The number of amides is 2. The van der Waals surface area contributed by atoms with E-state index < -0.39 is 15.8 Å². The molecule has 7 aromatic carbocycles. The molecule has 42 nitrogen and oxygen atoms in total. The summed E-state index contributed by atoms with van der Waals surface area (Å²) in [4.78, 5) is 106. The van der Waals surface area contributed by atoms with Gasteiger partial charge in [-0.1, -0.05) is 72.8 Å². The zero-order valence-electron chi connectivity index (χ0n) is 74.7. The summed E-state index contributed by atoms with van der Waals surface area (Å²) in [5.74, 6) is 4.38. The molecule has 12 aromatic heterocycles. The monoisotopic (exact) mass is 1860 g/mol. The van der Waals surface area contributed by atoms with Crippen molar-refractivity contribution in [3.63, 3.8) is 0 Å². The Morgan fingerprint density at radius 3 is 1.01 bits per heavy atom. The molecular weight excluding hydrogens is 1770 g/mol. The summed E-state index contributed by atoms with van der Waals surface area (Å²) in [6.45, 7) is 13.8. The Bertz CT molecular complexity index is 7780. The average Bonchev–Trinajstić information content (AvgIpc) is 1.82. The molecule has 696 valence electrons. The number of aliphatic carboxylic acids is 1. The van der Waals surface area contributed by atoms with E-state index in [2.05, 4.69) is 85.0 Å². The summed E-state index contributed by atoms with van der Waals surface area (Å²) in [7, 11) is -3.06. The van der Waals surface area contributed by atoms with Gasteiger partial charge >= 0.3 is 12.0 Å². The number of imidazole rings is 4. The Morgan fingerprint density at radius 1 is 0.387 bits per heavy atom. The Kier molecular flexibility index (Phi) is 24.4. The van der Waals surface area contributed by atoms with Gasteiger partial charge in [0, 0.05) is 169 Å². The molecule has 0 saturated carbocycles. The van der Waals surface area contributed by atoms with E-state index in [0.29, 0.717) is 140 Å². The van der Waals surface area contributed by atoms with Gasteiger partial charge in [-0.3, -0.25) is 9.69 Å². The lowest BCUT2D eigenvalue weighted by Gasteiger charge is -2.36. The van der Waals surface area contributed by atoms with Crippen LogP contribution in [-0.2, 0) is 45.6 Å². The van der Waals surface area contributed by atoms with E-state index in [4.69, 9.17) is 35.6 Å². The van der Waals surface area contributed by atoms with Gasteiger partial charge in [-0.25, -0.2) is 51.9 Å². The van der Waals surface area contributed by atoms with E-state index in [1.54, 1.807) is 77.9 Å². The number of fused-ring (bicyclic) bond motifs is 8. The number of hydrogen-bond donors (Lipinski definition) is 6. The molecule has 43 heteroatoms. The second kappa shape index (κ2) is 38.0. The molecule has 0 radical (unpaired) electrons. The fraction of sp³-hybridized carbons (Fsp3) is 0.266. The van der Waals surface area contributed by atoms with Crippen LogP contribution in [0.25, 0.3) is 112 Å². The first kappa shape index (κ1) is 88.1. The number of carboxylic acids is 1. The van der Waals surface area contributed by atoms with Gasteiger partial charge in [0.05, 0.1) is 77.9 Å². The molecule has 0 aliphatic carbocycles. The van der Waals surface area contributed by atoms with Crippen LogP contribution in [0.1, 0.15) is 26.2 Å². The molecular formula is C94H95N33O9S. The van der Waals surface area contributed by atoms with Crippen LogP contribution in [0.3, 0.4) is 0 Å². The highest BCUT2D eigenvalue weighted by Gasteiger charge is 2.32. The van der Waals surface area contributed by atoms with Crippen molar-refractivity contribution >= 4 is 157 Å². The van der Waals surface area contributed by atoms with Crippen LogP contribution in [0.2, 0.25) is 0 Å². The SMILES string of the molecule is CC(=O)CCCn1cnc2c(-n3ncc4ccccc43)nc(N3CCN(c4ccc(O)cc4)CC3)nc21.CS(=O)(=O)CCCn1cnc2c(-n3ncc4ccccc43)nc(N3CCN(c4ccc(O)cc4)CC3)nc21.NCCn1cnc2c(-n3ncc4ccccc43)nc(N3CCN(c4ccc(O)cc4)CC3)nc21.O=C(O)Cn1cnc2c(-n3ncc4ccccc43)nc(N3CCNC3=O)nc21. The zero-order valence-corrected chi connectivity index (χ0v) is 75.5. The molecule has 137 heavy (non-hydrogen) atoms. The Labute approximate surface area is 781 Å². The first-order chi connectivity index (χ1) is 66.7. The van der Waals surface area contributed by atoms with Gasteiger partial charge in [0.2, 0.25) is 23.8 Å². The number of para-hydroxylation sites is 4. The number of nitrogens with zero attached hydrogens (tertiary/aromatic N) is 31. The number of urea groups is 1. The summed E-state index contributed by atoms with van der Waals surface area (Å²) < 4.78 is 37.7. The van der Waals surface area contributed by atoms with E-state index >= 15 is 0 Å². The number of nitrogens with one attached hydrogen (secondary N) is 1. The predicted octanol–water partition coefficient (Wildman–Crippen LogP) is 9.13. The molecule has 7 N–H and O–H groups in total. The maximum absolute atomic E-state index is 12.1. The van der Waals surface area contributed by atoms with Crippen LogP contribution in [0.5, 0.6) is 17.2 Å². The maximum atomic E-state index is 12.1. The number of piperazine rings is 3. The second-order valence-electron chi connectivity index (χ2n) is 33.6. The molecule has 19 aromatic rings. The van der Waals surface area contributed by atoms with Gasteiger partial charge in [-0.15, -0.1) is 0 Å². The third-order valence-corrected chi connectivity index (χ3v) is 25.4. The molecule has 0 unspecified atom stereocenters. The number of benzene rings is 7. The third kappa shape index (κ3) is 18.5. The molecule has 4 saturated heterocycles. The topological polar surface area (TPSA) is 473 Å². The Balaban J connectivity index is 0.000000113. The number of Topliss-reactive ketones (excluding diaryl/α,β-unsaturated/α-hetero) is 1. The first-order valence-electron chi connectivity index (χ1n) is 44.9. The number of carboxylic acid groups (broad SMARTS) is 1. The lowest BCUT2D eigenvalue weighted by molar-refractivity contribution is -0.137. The van der Waals surface area contributed by atoms with Crippen molar-refractivity contribution in [1.82, 2.24) is 123 Å². The van der Waals surface area contributed by atoms with E-state index in [0.717, 1.165) is 144 Å². The van der Waals surface area contributed by atoms with Crippen molar-refractivity contribution in [1.29, 1.82) is 0 Å². The number of aromatic nitrogens is 24. The molecule has 2 amide bonds. The van der Waals surface area contributed by atoms with Crippen molar-refractivity contribution in [2.45, 2.75) is 52.4 Å². The number of phenolic OH excluding ortho intramolecular Hbond substituents is 3. The van der Waals surface area contributed by atoms with Gasteiger partial charge in [0.25, 0.3) is 0 Å². The van der Waals surface area contributed by atoms with Crippen molar-refractivity contribution in [2.75, 3.05) is 144 Å². The van der Waals surface area contributed by atoms with Gasteiger partial charge < -0.3 is 83.9 Å². The average molecular weight is 1860 g/mol. The number of anilines is 7. The maximum Gasteiger partial charge on any atom is 0.324 e. The smallest absolute Gasteiger partial charge is 0.324 e. The van der Waals surface area contributed by atoms with Gasteiger partial charge in [-0.05, 0) is 117 Å². The van der Waals surface area contributed by atoms with Crippen molar-refractivity contribution < 1.29 is 43.2 Å². The number of rotatable bonds is 23. The Hall–Kier alpha value is -16.9. The van der Waals surface area contributed by atoms with Crippen molar-refractivity contribution in [2.24, 2.45) is 5.73 Å². The van der Waals surface area contributed by atoms with Gasteiger partial charge in [0.15, 0.2) is 67.9 Å². The number of nitrogens with two attached hydrogens (primary N) is 1. The summed E-state index contributed by atoms with van der Waals surface area (Å²) in [6, 6.07) is 53.2. The molecule has 0 spiro atoms. The van der Waals surface area contributed by atoms with Crippen LogP contribution in [-0.4, -0.2) is 274 Å². The molecule has 16 heterocycles. The van der Waals surface area contributed by atoms with E-state index in [-0.39, 0.29) is 47.3 Å². The highest BCUT2D eigenvalue weighted by Crippen LogP contribution is 2.34. The fourth-order valence-electron chi connectivity index (χ4n) is 17.4. The lowest BCUT2D eigenvalue weighted by atomic mass is 10.2. The standard InChI is InChI=1S/C27H28N8O2.C26H28N8O3S.C24H25N9O.C17H14N8O3/c1-19(36)5-4-12-34-18-28-24-25(34)30-27(31-26(24)35-23-7-3-2-6-20(23)17-29-35)33-15-13-32(14-16-33)21-8-10-22(37)11-9-21;1-38(36,37)16-4-11-33-18-27-23-24(33)29-26(30-25(23)34-22-6-3-2-5-19(22)17-28-34)32-14-12-31(13-15-32)20-7-9-21(35)10-8-20;25-9-10-32-16-26-21-22(32)28-24(29-23(21)33-20-4-2-1-3-17(20)15-27-33)31-13-11-30(12-14-31)18-5-7-19(34)8-6-18;26-12(27)8-23-9-19-13-14(23)21-16(24-6-5-18-17(24)28)22-15(13)25-11-4-2-1-3-10(11)7-20-25/h2-3,6-11,17-18,37H,4-5,12-16H2,1H3;2-3,5-10,17-18,35H,4,11-16H2,1H3;1-8,15-16,34H,9-14,25H2;1-4,7,9H,5-6,8H2,(H,18,28)(H,26,27). The quantitative estimate of drug-likeness (QED) is 0.0347. The van der Waals surface area contributed by atoms with E-state index in [1.165, 1.54) is 22.1 Å². The normalized spacial score (nSPS) is 14.3. The minimum Gasteiger partial charge on any atom is -0.508 e. The number of ketones is 1. The summed E-state index contributed by atoms with van der Waals surface area (Å²) in [6.07, 6.45) is 16.8. The molecule has 4 aliphatic heterocycles. The number of hydrogen-bond acceptors (Lipinski definition) is 31. The summed E-state index contributed by atoms with van der Waals surface area (Å²) >= 11 is 0. The molecule has 4 aliphatic rings. The van der Waals surface area contributed by atoms with Crippen LogP contribution in [0.15, 0.2) is 220 Å². The molecule has 23 rings (SSSR count). The minimum atomic E-state index is -3.06. The second-order valence-corrected chi connectivity index (χ2v) is 35.8.